The molecule has 0 spiro atoms. The number of piperazine rings is 1. The van der Waals surface area contributed by atoms with Crippen molar-refractivity contribution < 1.29 is 9.18 Å². The van der Waals surface area contributed by atoms with Crippen molar-refractivity contribution in [1.82, 2.24) is 14.8 Å². The summed E-state index contributed by atoms with van der Waals surface area (Å²) < 4.78 is 13.1. The van der Waals surface area contributed by atoms with Crippen LogP contribution in [0.5, 0.6) is 0 Å². The van der Waals surface area contributed by atoms with Crippen molar-refractivity contribution in [2.24, 2.45) is 5.73 Å². The van der Waals surface area contributed by atoms with E-state index in [-0.39, 0.29) is 5.91 Å². The van der Waals surface area contributed by atoms with Gasteiger partial charge in [-0.1, -0.05) is 0 Å². The second-order valence-corrected chi connectivity index (χ2v) is 5.02. The lowest BCUT2D eigenvalue weighted by molar-refractivity contribution is 0.0634. The van der Waals surface area contributed by atoms with Gasteiger partial charge in [0.05, 0.1) is 11.8 Å². The highest BCUT2D eigenvalue weighted by Gasteiger charge is 2.22. The Bertz CT molecular complexity index is 447. The summed E-state index contributed by atoms with van der Waals surface area (Å²) in [5, 5.41) is 0. The van der Waals surface area contributed by atoms with Crippen molar-refractivity contribution in [2.75, 3.05) is 39.3 Å². The molecule has 2 heterocycles. The lowest BCUT2D eigenvalue weighted by atomic mass is 10.2. The van der Waals surface area contributed by atoms with Crippen molar-refractivity contribution in [3.8, 4) is 0 Å². The van der Waals surface area contributed by atoms with Crippen LogP contribution in [0, 0.1) is 5.82 Å². The molecule has 0 radical (unpaired) electrons. The Hall–Kier alpha value is -1.53. The smallest absolute Gasteiger partial charge is 0.255 e. The number of hydrogen-bond donors (Lipinski definition) is 1. The van der Waals surface area contributed by atoms with Crippen LogP contribution in [0.3, 0.4) is 0 Å². The molecule has 0 unspecified atom stereocenters. The van der Waals surface area contributed by atoms with Crippen LogP contribution in [0.1, 0.15) is 23.2 Å². The van der Waals surface area contributed by atoms with Gasteiger partial charge < -0.3 is 10.6 Å². The summed E-state index contributed by atoms with van der Waals surface area (Å²) in [7, 11) is 0. The van der Waals surface area contributed by atoms with Crippen LogP contribution in [-0.4, -0.2) is 60.0 Å². The van der Waals surface area contributed by atoms with E-state index in [4.69, 9.17) is 5.73 Å². The standard InChI is InChI=1S/C14H21FN4O/c15-13-9-12(10-17-11-13)14(20)19-7-5-18(6-8-19)4-2-1-3-16/h9-11H,1-8,16H2. The van der Waals surface area contributed by atoms with Gasteiger partial charge in [-0.15, -0.1) is 0 Å². The zero-order valence-electron chi connectivity index (χ0n) is 11.6. The van der Waals surface area contributed by atoms with E-state index < -0.39 is 5.82 Å². The minimum atomic E-state index is -0.476. The number of aromatic nitrogens is 1. The molecule has 1 saturated heterocycles. The van der Waals surface area contributed by atoms with E-state index in [1.165, 1.54) is 12.3 Å². The first-order chi connectivity index (χ1) is 9.70. The summed E-state index contributed by atoms with van der Waals surface area (Å²) >= 11 is 0. The molecule has 6 heteroatoms. The number of amides is 1. The molecule has 20 heavy (non-hydrogen) atoms. The number of unbranched alkanes of at least 4 members (excludes halogenated alkanes) is 1. The van der Waals surface area contributed by atoms with E-state index in [1.807, 2.05) is 0 Å². The zero-order chi connectivity index (χ0) is 14.4. The predicted molar refractivity (Wildman–Crippen MR) is 74.8 cm³/mol. The maximum absolute atomic E-state index is 13.1. The topological polar surface area (TPSA) is 62.5 Å². The summed E-state index contributed by atoms with van der Waals surface area (Å²) in [6, 6.07) is 1.24. The monoisotopic (exact) mass is 280 g/mol. The average molecular weight is 280 g/mol. The van der Waals surface area contributed by atoms with Gasteiger partial charge in [-0.2, -0.15) is 0 Å². The Morgan fingerprint density at radius 3 is 2.65 bits per heavy atom. The lowest BCUT2D eigenvalue weighted by Gasteiger charge is -2.34. The highest BCUT2D eigenvalue weighted by molar-refractivity contribution is 5.93. The number of nitrogens with two attached hydrogens (primary N) is 1. The van der Waals surface area contributed by atoms with Gasteiger partial charge in [0.25, 0.3) is 5.91 Å². The number of carbonyl (C=O) groups is 1. The van der Waals surface area contributed by atoms with Crippen molar-refractivity contribution >= 4 is 5.91 Å². The van der Waals surface area contributed by atoms with Gasteiger partial charge in [-0.3, -0.25) is 14.7 Å². The van der Waals surface area contributed by atoms with Crippen LogP contribution in [-0.2, 0) is 0 Å². The Labute approximate surface area is 118 Å². The van der Waals surface area contributed by atoms with Gasteiger partial charge in [0.15, 0.2) is 0 Å². The molecule has 0 aromatic carbocycles. The predicted octanol–water partition coefficient (Wildman–Crippen LogP) is 0.717. The first-order valence-corrected chi connectivity index (χ1v) is 7.03. The van der Waals surface area contributed by atoms with Crippen molar-refractivity contribution in [1.29, 1.82) is 0 Å². The summed E-state index contributed by atoms with van der Waals surface area (Å²) in [6.45, 7) is 4.83. The van der Waals surface area contributed by atoms with Crippen LogP contribution < -0.4 is 5.73 Å². The zero-order valence-corrected chi connectivity index (χ0v) is 11.6. The van der Waals surface area contributed by atoms with Crippen molar-refractivity contribution in [2.45, 2.75) is 12.8 Å². The van der Waals surface area contributed by atoms with E-state index >= 15 is 0 Å². The van der Waals surface area contributed by atoms with Crippen molar-refractivity contribution in [3.05, 3.63) is 29.8 Å². The summed E-state index contributed by atoms with van der Waals surface area (Å²) in [5.74, 6) is -0.616. The third-order valence-corrected chi connectivity index (χ3v) is 3.54. The summed E-state index contributed by atoms with van der Waals surface area (Å²) in [4.78, 5) is 20.0. The second kappa shape index (κ2) is 7.31. The largest absolute Gasteiger partial charge is 0.336 e. The molecular weight excluding hydrogens is 259 g/mol. The normalized spacial score (nSPS) is 16.4. The number of pyridine rings is 1. The number of rotatable bonds is 5. The SMILES string of the molecule is NCCCCN1CCN(C(=O)c2cncc(F)c2)CC1. The van der Waals surface area contributed by atoms with E-state index in [1.54, 1.807) is 4.90 Å². The molecule has 0 bridgehead atoms. The van der Waals surface area contributed by atoms with Crippen LogP contribution in [0.4, 0.5) is 4.39 Å². The van der Waals surface area contributed by atoms with Crippen molar-refractivity contribution in [3.63, 3.8) is 0 Å². The number of hydrogen-bond acceptors (Lipinski definition) is 4. The molecule has 1 aromatic heterocycles. The van der Waals surface area contributed by atoms with Gasteiger partial charge >= 0.3 is 0 Å². The fraction of sp³-hybridized carbons (Fsp3) is 0.571. The van der Waals surface area contributed by atoms with E-state index in [2.05, 4.69) is 9.88 Å². The molecule has 1 aromatic rings. The molecule has 1 aliphatic rings. The molecule has 110 valence electrons. The quantitative estimate of drug-likeness (QED) is 0.807. The fourth-order valence-electron chi connectivity index (χ4n) is 2.37. The van der Waals surface area contributed by atoms with Gasteiger partial charge in [0, 0.05) is 32.4 Å². The molecule has 5 nitrogen and oxygen atoms in total. The van der Waals surface area contributed by atoms with Crippen LogP contribution in [0.25, 0.3) is 0 Å². The van der Waals surface area contributed by atoms with Gasteiger partial charge in [0.1, 0.15) is 5.82 Å². The summed E-state index contributed by atoms with van der Waals surface area (Å²) in [5.41, 5.74) is 5.80. The average Bonchev–Trinajstić information content (AvgIpc) is 2.47. The van der Waals surface area contributed by atoms with Gasteiger partial charge in [0.2, 0.25) is 0 Å². The lowest BCUT2D eigenvalue weighted by Crippen LogP contribution is -2.48. The van der Waals surface area contributed by atoms with E-state index in [9.17, 15) is 9.18 Å². The molecular formula is C14H21FN4O. The van der Waals surface area contributed by atoms with E-state index in [0.717, 1.165) is 45.2 Å². The first kappa shape index (κ1) is 14.9. The minimum absolute atomic E-state index is 0.140. The van der Waals surface area contributed by atoms with E-state index in [0.29, 0.717) is 18.7 Å². The Kier molecular flexibility index (Phi) is 5.43. The van der Waals surface area contributed by atoms with Gasteiger partial charge in [-0.05, 0) is 32.0 Å². The molecule has 1 amide bonds. The molecule has 2 rings (SSSR count). The number of carbonyl (C=O) groups excluding carboxylic acids is 1. The molecule has 2 N–H and O–H groups in total. The third-order valence-electron chi connectivity index (χ3n) is 3.54. The van der Waals surface area contributed by atoms with Crippen LogP contribution in [0.15, 0.2) is 18.5 Å². The Morgan fingerprint density at radius 2 is 2.00 bits per heavy atom. The second-order valence-electron chi connectivity index (χ2n) is 5.02. The highest BCUT2D eigenvalue weighted by atomic mass is 19.1. The number of nitrogens with zero attached hydrogens (tertiary/aromatic N) is 3. The molecule has 0 atom stereocenters. The highest BCUT2D eigenvalue weighted by Crippen LogP contribution is 2.09. The molecule has 0 saturated carbocycles. The molecule has 0 aliphatic carbocycles. The number of halogens is 1. The maximum atomic E-state index is 13.1. The Morgan fingerprint density at radius 1 is 1.25 bits per heavy atom. The fourth-order valence-corrected chi connectivity index (χ4v) is 2.37. The minimum Gasteiger partial charge on any atom is -0.336 e. The van der Waals surface area contributed by atoms with Gasteiger partial charge in [-0.25, -0.2) is 4.39 Å². The molecule has 1 aliphatic heterocycles. The first-order valence-electron chi connectivity index (χ1n) is 7.03. The Balaban J connectivity index is 1.83. The van der Waals surface area contributed by atoms with Crippen LogP contribution >= 0.6 is 0 Å². The maximum Gasteiger partial charge on any atom is 0.255 e. The third kappa shape index (κ3) is 3.98. The summed E-state index contributed by atoms with van der Waals surface area (Å²) in [6.07, 6.45) is 4.65. The molecule has 1 fully saturated rings. The van der Waals surface area contributed by atoms with Crippen LogP contribution in [0.2, 0.25) is 0 Å².